The molecule has 1 aliphatic rings. The molecule has 0 aromatic carbocycles. The molecular weight excluding hydrogens is 364 g/mol. The van der Waals surface area contributed by atoms with Gasteiger partial charge in [-0.2, -0.15) is 0 Å². The minimum Gasteiger partial charge on any atom is -0.480 e. The number of rotatable bonds is 10. The van der Waals surface area contributed by atoms with Crippen molar-refractivity contribution in [2.75, 3.05) is 13.1 Å². The van der Waals surface area contributed by atoms with E-state index in [0.29, 0.717) is 25.8 Å². The van der Waals surface area contributed by atoms with E-state index in [4.69, 9.17) is 5.73 Å². The molecule has 9 heteroatoms. The third-order valence-corrected chi connectivity index (χ3v) is 5.14. The van der Waals surface area contributed by atoms with Gasteiger partial charge in [0.2, 0.25) is 17.7 Å². The Kier molecular flexibility index (Phi) is 9.37. The molecule has 0 spiro atoms. The first-order valence-electron chi connectivity index (χ1n) is 9.94. The van der Waals surface area contributed by atoms with Gasteiger partial charge in [0.05, 0.1) is 12.6 Å². The molecule has 1 fully saturated rings. The number of carbonyl (C=O) groups is 4. The second kappa shape index (κ2) is 11.0. The molecule has 160 valence electrons. The van der Waals surface area contributed by atoms with Crippen LogP contribution in [0.15, 0.2) is 0 Å². The molecule has 1 aliphatic heterocycles. The van der Waals surface area contributed by atoms with Crippen LogP contribution >= 0.6 is 0 Å². The van der Waals surface area contributed by atoms with E-state index in [-0.39, 0.29) is 24.3 Å². The van der Waals surface area contributed by atoms with Crippen LogP contribution in [-0.2, 0) is 19.2 Å². The summed E-state index contributed by atoms with van der Waals surface area (Å²) in [7, 11) is 0. The predicted octanol–water partition coefficient (Wildman–Crippen LogP) is 0.0825. The van der Waals surface area contributed by atoms with Crippen molar-refractivity contribution in [3.63, 3.8) is 0 Å². The number of nitrogens with one attached hydrogen (secondary N) is 2. The summed E-state index contributed by atoms with van der Waals surface area (Å²) >= 11 is 0. The lowest BCUT2D eigenvalue weighted by atomic mass is 9.98. The van der Waals surface area contributed by atoms with Crippen LogP contribution < -0.4 is 16.4 Å². The molecule has 0 bridgehead atoms. The Hall–Kier alpha value is -2.16. The van der Waals surface area contributed by atoms with Crippen molar-refractivity contribution in [3.05, 3.63) is 0 Å². The molecule has 0 saturated carbocycles. The van der Waals surface area contributed by atoms with E-state index in [9.17, 15) is 24.3 Å². The molecule has 4 unspecified atom stereocenters. The van der Waals surface area contributed by atoms with Gasteiger partial charge in [0, 0.05) is 6.54 Å². The number of carboxylic acid groups (broad SMARTS) is 1. The number of likely N-dealkylation sites (tertiary alicyclic amines) is 1. The lowest BCUT2D eigenvalue weighted by Gasteiger charge is -2.28. The highest BCUT2D eigenvalue weighted by molar-refractivity contribution is 5.93. The summed E-state index contributed by atoms with van der Waals surface area (Å²) in [5.74, 6) is -2.25. The van der Waals surface area contributed by atoms with Crippen molar-refractivity contribution >= 4 is 23.7 Å². The largest absolute Gasteiger partial charge is 0.480 e. The van der Waals surface area contributed by atoms with Gasteiger partial charge in [0.1, 0.15) is 12.1 Å². The van der Waals surface area contributed by atoms with Gasteiger partial charge in [-0.1, -0.05) is 34.1 Å². The SMILES string of the molecule is CCC(C)C(N)C(=O)N1CCCC1C(=O)NCC(=O)NC(CC(C)C)C(=O)O. The number of nitrogens with zero attached hydrogens (tertiary/aromatic N) is 1. The molecular formula is C19H34N4O5. The average Bonchev–Trinajstić information content (AvgIpc) is 3.13. The molecule has 5 N–H and O–H groups in total. The monoisotopic (exact) mass is 398 g/mol. The number of nitrogens with two attached hydrogens (primary N) is 1. The number of carboxylic acids is 1. The summed E-state index contributed by atoms with van der Waals surface area (Å²) in [5, 5.41) is 14.1. The van der Waals surface area contributed by atoms with E-state index >= 15 is 0 Å². The fourth-order valence-electron chi connectivity index (χ4n) is 3.22. The summed E-state index contributed by atoms with van der Waals surface area (Å²) in [6.45, 7) is 7.70. The normalized spacial score (nSPS) is 19.8. The molecule has 0 aromatic heterocycles. The van der Waals surface area contributed by atoms with Crippen molar-refractivity contribution in [3.8, 4) is 0 Å². The van der Waals surface area contributed by atoms with Crippen LogP contribution in [0.4, 0.5) is 0 Å². The Morgan fingerprint density at radius 1 is 1.21 bits per heavy atom. The second-order valence-electron chi connectivity index (χ2n) is 7.91. The van der Waals surface area contributed by atoms with Gasteiger partial charge in [0.15, 0.2) is 0 Å². The molecule has 0 aromatic rings. The van der Waals surface area contributed by atoms with E-state index < -0.39 is 35.9 Å². The fraction of sp³-hybridized carbons (Fsp3) is 0.789. The zero-order valence-corrected chi connectivity index (χ0v) is 17.2. The van der Waals surface area contributed by atoms with Crippen LogP contribution in [0.3, 0.4) is 0 Å². The summed E-state index contributed by atoms with van der Waals surface area (Å²) in [4.78, 5) is 49.8. The van der Waals surface area contributed by atoms with Crippen molar-refractivity contribution in [2.45, 2.75) is 71.5 Å². The standard InChI is InChI=1S/C19H34N4O5/c1-5-12(4)16(20)18(26)23-8-6-7-14(23)17(25)21-10-15(24)22-13(19(27)28)9-11(2)3/h11-14,16H,5-10,20H2,1-4H3,(H,21,25)(H,22,24)(H,27,28). The topological polar surface area (TPSA) is 142 Å². The van der Waals surface area contributed by atoms with E-state index in [0.717, 1.165) is 6.42 Å². The van der Waals surface area contributed by atoms with E-state index in [1.165, 1.54) is 4.90 Å². The molecule has 9 nitrogen and oxygen atoms in total. The van der Waals surface area contributed by atoms with Gasteiger partial charge < -0.3 is 26.4 Å². The van der Waals surface area contributed by atoms with Gasteiger partial charge in [-0.05, 0) is 31.1 Å². The lowest BCUT2D eigenvalue weighted by molar-refractivity contribution is -0.142. The highest BCUT2D eigenvalue weighted by atomic mass is 16.4. The van der Waals surface area contributed by atoms with Gasteiger partial charge in [0.25, 0.3) is 0 Å². The minimum atomic E-state index is -1.11. The van der Waals surface area contributed by atoms with E-state index in [1.807, 2.05) is 27.7 Å². The maximum Gasteiger partial charge on any atom is 0.326 e. The Balaban J connectivity index is 2.60. The Morgan fingerprint density at radius 3 is 2.39 bits per heavy atom. The minimum absolute atomic E-state index is 0.0106. The van der Waals surface area contributed by atoms with E-state index in [2.05, 4.69) is 10.6 Å². The lowest BCUT2D eigenvalue weighted by Crippen LogP contribution is -2.54. The number of hydrogen-bond acceptors (Lipinski definition) is 5. The number of hydrogen-bond donors (Lipinski definition) is 4. The maximum atomic E-state index is 12.6. The van der Waals surface area contributed by atoms with Crippen molar-refractivity contribution in [1.82, 2.24) is 15.5 Å². The Morgan fingerprint density at radius 2 is 1.86 bits per heavy atom. The quantitative estimate of drug-likeness (QED) is 0.411. The first kappa shape index (κ1) is 23.9. The van der Waals surface area contributed by atoms with Gasteiger partial charge >= 0.3 is 5.97 Å². The predicted molar refractivity (Wildman–Crippen MR) is 104 cm³/mol. The molecule has 1 rings (SSSR count). The second-order valence-corrected chi connectivity index (χ2v) is 7.91. The first-order chi connectivity index (χ1) is 13.1. The smallest absolute Gasteiger partial charge is 0.326 e. The number of aliphatic carboxylic acids is 1. The van der Waals surface area contributed by atoms with Gasteiger partial charge in [-0.3, -0.25) is 14.4 Å². The average molecular weight is 399 g/mol. The molecule has 3 amide bonds. The van der Waals surface area contributed by atoms with Crippen LogP contribution in [0.25, 0.3) is 0 Å². The van der Waals surface area contributed by atoms with Crippen LogP contribution in [0.5, 0.6) is 0 Å². The summed E-state index contributed by atoms with van der Waals surface area (Å²) in [6, 6.07) is -2.31. The number of amides is 3. The van der Waals surface area contributed by atoms with Crippen LogP contribution in [0.2, 0.25) is 0 Å². The summed E-state index contributed by atoms with van der Waals surface area (Å²) in [5.41, 5.74) is 6.02. The molecule has 4 atom stereocenters. The highest BCUT2D eigenvalue weighted by Crippen LogP contribution is 2.20. The molecule has 0 aliphatic carbocycles. The molecule has 0 radical (unpaired) electrons. The summed E-state index contributed by atoms with van der Waals surface area (Å²) in [6.07, 6.45) is 2.27. The van der Waals surface area contributed by atoms with Gasteiger partial charge in [-0.25, -0.2) is 4.79 Å². The Labute approximate surface area is 166 Å². The Bertz CT molecular complexity index is 581. The third-order valence-electron chi connectivity index (χ3n) is 5.14. The maximum absolute atomic E-state index is 12.6. The highest BCUT2D eigenvalue weighted by Gasteiger charge is 2.37. The van der Waals surface area contributed by atoms with Crippen LogP contribution in [-0.4, -0.2) is 64.9 Å². The number of carbonyl (C=O) groups excluding carboxylic acids is 3. The van der Waals surface area contributed by atoms with Crippen molar-refractivity contribution < 1.29 is 24.3 Å². The summed E-state index contributed by atoms with van der Waals surface area (Å²) < 4.78 is 0. The van der Waals surface area contributed by atoms with E-state index in [1.54, 1.807) is 0 Å². The zero-order chi connectivity index (χ0) is 21.4. The molecule has 1 heterocycles. The molecule has 1 saturated heterocycles. The van der Waals surface area contributed by atoms with Crippen molar-refractivity contribution in [2.24, 2.45) is 17.6 Å². The van der Waals surface area contributed by atoms with Crippen LogP contribution in [0.1, 0.15) is 53.4 Å². The van der Waals surface area contributed by atoms with Gasteiger partial charge in [-0.15, -0.1) is 0 Å². The van der Waals surface area contributed by atoms with Crippen LogP contribution in [0, 0.1) is 11.8 Å². The zero-order valence-electron chi connectivity index (χ0n) is 17.2. The fourth-order valence-corrected chi connectivity index (χ4v) is 3.22. The van der Waals surface area contributed by atoms with Crippen molar-refractivity contribution in [1.29, 1.82) is 0 Å². The third kappa shape index (κ3) is 6.78. The first-order valence-corrected chi connectivity index (χ1v) is 9.94. The molecule has 28 heavy (non-hydrogen) atoms.